The van der Waals surface area contributed by atoms with E-state index in [4.69, 9.17) is 0 Å². The molecule has 1 heterocycles. The first-order chi connectivity index (χ1) is 13.0. The maximum atomic E-state index is 13.3. The summed E-state index contributed by atoms with van der Waals surface area (Å²) < 4.78 is 38.9. The van der Waals surface area contributed by atoms with Crippen LogP contribution in [-0.4, -0.2) is 48.4 Å². The minimum Gasteiger partial charge on any atom is -0.352 e. The standard InChI is InChI=1S/C20H28F3N3O2/c1-20(2,3)25-17(27)12-26-8-6-13(7-9-26)11-24-19(28)14-4-5-16(21)15(10-14)18(22)23/h4-5,10,13,18H,6-9,11-12H2,1-3H3,(H,24,28)(H,25,27). The first-order valence-electron chi connectivity index (χ1n) is 9.44. The minimum absolute atomic E-state index is 0.00889. The average molecular weight is 399 g/mol. The SMILES string of the molecule is CC(C)(C)NC(=O)CN1CCC(CNC(=O)c2ccc(F)c(C(F)F)c2)CC1. The summed E-state index contributed by atoms with van der Waals surface area (Å²) in [5, 5.41) is 5.67. The second-order valence-corrected chi connectivity index (χ2v) is 8.26. The second-order valence-electron chi connectivity index (χ2n) is 8.26. The van der Waals surface area contributed by atoms with Crippen LogP contribution in [0.25, 0.3) is 0 Å². The van der Waals surface area contributed by atoms with E-state index in [9.17, 15) is 22.8 Å². The van der Waals surface area contributed by atoms with Crippen LogP contribution in [0.3, 0.4) is 0 Å². The highest BCUT2D eigenvalue weighted by molar-refractivity contribution is 5.94. The maximum absolute atomic E-state index is 13.3. The van der Waals surface area contributed by atoms with Crippen LogP contribution in [0.5, 0.6) is 0 Å². The number of likely N-dealkylation sites (tertiary alicyclic amines) is 1. The topological polar surface area (TPSA) is 61.4 Å². The predicted octanol–water partition coefficient (Wildman–Crippen LogP) is 3.12. The molecule has 2 N–H and O–H groups in total. The third-order valence-corrected chi connectivity index (χ3v) is 4.63. The van der Waals surface area contributed by atoms with Crippen molar-refractivity contribution in [1.29, 1.82) is 0 Å². The van der Waals surface area contributed by atoms with E-state index in [-0.39, 0.29) is 22.9 Å². The quantitative estimate of drug-likeness (QED) is 0.773. The lowest BCUT2D eigenvalue weighted by Crippen LogP contribution is -2.48. The molecule has 2 amide bonds. The van der Waals surface area contributed by atoms with E-state index >= 15 is 0 Å². The molecule has 1 aromatic carbocycles. The van der Waals surface area contributed by atoms with Gasteiger partial charge in [0.05, 0.1) is 12.1 Å². The Morgan fingerprint density at radius 1 is 1.21 bits per heavy atom. The molecular formula is C20H28F3N3O2. The van der Waals surface area contributed by atoms with E-state index in [0.29, 0.717) is 13.1 Å². The Hall–Kier alpha value is -2.09. The maximum Gasteiger partial charge on any atom is 0.266 e. The van der Waals surface area contributed by atoms with Gasteiger partial charge in [0, 0.05) is 17.6 Å². The van der Waals surface area contributed by atoms with E-state index in [1.807, 2.05) is 20.8 Å². The molecule has 0 saturated carbocycles. The molecule has 156 valence electrons. The zero-order valence-corrected chi connectivity index (χ0v) is 16.5. The molecule has 1 saturated heterocycles. The molecule has 1 aliphatic heterocycles. The molecule has 2 rings (SSSR count). The van der Waals surface area contributed by atoms with Crippen molar-refractivity contribution in [3.8, 4) is 0 Å². The van der Waals surface area contributed by atoms with Crippen molar-refractivity contribution < 1.29 is 22.8 Å². The molecule has 28 heavy (non-hydrogen) atoms. The molecule has 0 atom stereocenters. The molecule has 0 bridgehead atoms. The van der Waals surface area contributed by atoms with Crippen LogP contribution in [0.1, 0.15) is 56.0 Å². The summed E-state index contributed by atoms with van der Waals surface area (Å²) in [5.41, 5.74) is -1.01. The summed E-state index contributed by atoms with van der Waals surface area (Å²) in [4.78, 5) is 26.2. The second kappa shape index (κ2) is 9.41. The number of hydrogen-bond acceptors (Lipinski definition) is 3. The van der Waals surface area contributed by atoms with Crippen LogP contribution in [0, 0.1) is 11.7 Å². The van der Waals surface area contributed by atoms with Gasteiger partial charge in [-0.05, 0) is 70.8 Å². The number of carbonyl (C=O) groups excluding carboxylic acids is 2. The van der Waals surface area contributed by atoms with Crippen LogP contribution < -0.4 is 10.6 Å². The number of nitrogens with zero attached hydrogens (tertiary/aromatic N) is 1. The fourth-order valence-electron chi connectivity index (χ4n) is 3.20. The number of rotatable bonds is 6. The molecule has 0 spiro atoms. The normalized spacial score (nSPS) is 16.2. The van der Waals surface area contributed by atoms with Crippen LogP contribution >= 0.6 is 0 Å². The first kappa shape index (κ1) is 22.2. The van der Waals surface area contributed by atoms with Gasteiger partial charge in [0.1, 0.15) is 5.82 Å². The molecule has 0 aromatic heterocycles. The molecule has 1 aliphatic rings. The van der Waals surface area contributed by atoms with Gasteiger partial charge in [-0.2, -0.15) is 0 Å². The lowest BCUT2D eigenvalue weighted by atomic mass is 9.96. The monoisotopic (exact) mass is 399 g/mol. The molecule has 1 fully saturated rings. The Morgan fingerprint density at radius 3 is 2.43 bits per heavy atom. The predicted molar refractivity (Wildman–Crippen MR) is 101 cm³/mol. The van der Waals surface area contributed by atoms with Gasteiger partial charge in [-0.15, -0.1) is 0 Å². The number of piperidine rings is 1. The van der Waals surface area contributed by atoms with Crippen LogP contribution in [0.4, 0.5) is 13.2 Å². The highest BCUT2D eigenvalue weighted by Gasteiger charge is 2.23. The van der Waals surface area contributed by atoms with Crippen molar-refractivity contribution in [3.63, 3.8) is 0 Å². The number of benzene rings is 1. The van der Waals surface area contributed by atoms with Crippen LogP contribution in [0.2, 0.25) is 0 Å². The van der Waals surface area contributed by atoms with Crippen molar-refractivity contribution >= 4 is 11.8 Å². The molecule has 5 nitrogen and oxygen atoms in total. The number of carbonyl (C=O) groups is 2. The van der Waals surface area contributed by atoms with E-state index < -0.39 is 23.7 Å². The fourth-order valence-corrected chi connectivity index (χ4v) is 3.20. The Bertz CT molecular complexity index is 696. The molecule has 8 heteroatoms. The van der Waals surface area contributed by atoms with Crippen molar-refractivity contribution in [2.24, 2.45) is 5.92 Å². The van der Waals surface area contributed by atoms with E-state index in [0.717, 1.165) is 38.1 Å². The molecule has 1 aromatic rings. The van der Waals surface area contributed by atoms with Gasteiger partial charge >= 0.3 is 0 Å². The highest BCUT2D eigenvalue weighted by atomic mass is 19.3. The molecule has 0 aliphatic carbocycles. The number of amides is 2. The van der Waals surface area contributed by atoms with Crippen molar-refractivity contribution in [3.05, 3.63) is 35.1 Å². The summed E-state index contributed by atoms with van der Waals surface area (Å²) in [6, 6.07) is 2.98. The average Bonchev–Trinajstić information content (AvgIpc) is 2.59. The Balaban J connectivity index is 1.77. The zero-order valence-electron chi connectivity index (χ0n) is 16.5. The van der Waals surface area contributed by atoms with Crippen molar-refractivity contribution in [1.82, 2.24) is 15.5 Å². The summed E-state index contributed by atoms with van der Waals surface area (Å²) in [7, 11) is 0. The van der Waals surface area contributed by atoms with Crippen LogP contribution in [0.15, 0.2) is 18.2 Å². The van der Waals surface area contributed by atoms with Crippen molar-refractivity contribution in [2.75, 3.05) is 26.2 Å². The molecule has 0 unspecified atom stereocenters. The van der Waals surface area contributed by atoms with Gasteiger partial charge in [-0.25, -0.2) is 13.2 Å². The van der Waals surface area contributed by atoms with E-state index in [2.05, 4.69) is 15.5 Å². The van der Waals surface area contributed by atoms with Crippen molar-refractivity contribution in [2.45, 2.75) is 45.6 Å². The number of alkyl halides is 2. The first-order valence-corrected chi connectivity index (χ1v) is 9.44. The van der Waals surface area contributed by atoms with Gasteiger partial charge < -0.3 is 10.6 Å². The van der Waals surface area contributed by atoms with Gasteiger partial charge in [-0.1, -0.05) is 0 Å². The number of nitrogens with one attached hydrogen (secondary N) is 2. The zero-order chi connectivity index (χ0) is 20.9. The summed E-state index contributed by atoms with van der Waals surface area (Å²) in [6.07, 6.45) is -1.31. The summed E-state index contributed by atoms with van der Waals surface area (Å²) >= 11 is 0. The lowest BCUT2D eigenvalue weighted by Gasteiger charge is -2.32. The van der Waals surface area contributed by atoms with E-state index in [1.165, 1.54) is 6.07 Å². The van der Waals surface area contributed by atoms with Gasteiger partial charge in [-0.3, -0.25) is 14.5 Å². The third-order valence-electron chi connectivity index (χ3n) is 4.63. The van der Waals surface area contributed by atoms with Gasteiger partial charge in [0.25, 0.3) is 12.3 Å². The summed E-state index contributed by atoms with van der Waals surface area (Å²) in [6.45, 7) is 8.08. The Labute approximate surface area is 163 Å². The third kappa shape index (κ3) is 6.82. The molecule has 0 radical (unpaired) electrons. The van der Waals surface area contributed by atoms with Crippen LogP contribution in [-0.2, 0) is 4.79 Å². The largest absolute Gasteiger partial charge is 0.352 e. The number of halogens is 3. The van der Waals surface area contributed by atoms with E-state index in [1.54, 1.807) is 0 Å². The number of hydrogen-bond donors (Lipinski definition) is 2. The Morgan fingerprint density at radius 2 is 1.86 bits per heavy atom. The Kier molecular flexibility index (Phi) is 7.46. The minimum atomic E-state index is -2.97. The summed E-state index contributed by atoms with van der Waals surface area (Å²) in [5.74, 6) is -1.27. The van der Waals surface area contributed by atoms with Gasteiger partial charge in [0.15, 0.2) is 0 Å². The fraction of sp³-hybridized carbons (Fsp3) is 0.600. The lowest BCUT2D eigenvalue weighted by molar-refractivity contribution is -0.124. The smallest absolute Gasteiger partial charge is 0.266 e. The highest BCUT2D eigenvalue weighted by Crippen LogP contribution is 2.23. The molecular weight excluding hydrogens is 371 g/mol. The van der Waals surface area contributed by atoms with Gasteiger partial charge in [0.2, 0.25) is 5.91 Å².